The zero-order valence-electron chi connectivity index (χ0n) is 11.0. The van der Waals surface area contributed by atoms with Crippen LogP contribution >= 0.6 is 0 Å². The van der Waals surface area contributed by atoms with Crippen LogP contribution in [0.4, 0.5) is 0 Å². The number of hydrogen-bond acceptors (Lipinski definition) is 5. The maximum atomic E-state index is 12.3. The van der Waals surface area contributed by atoms with E-state index in [0.29, 0.717) is 30.7 Å². The first kappa shape index (κ1) is 14.4. The number of aromatic amines is 1. The minimum Gasteiger partial charge on any atom is -0.392 e. The van der Waals surface area contributed by atoms with Gasteiger partial charge in [-0.25, -0.2) is 13.1 Å². The van der Waals surface area contributed by atoms with Crippen LogP contribution in [0.5, 0.6) is 0 Å². The standard InChI is InChI=1S/C11H19N3O4S/c1-7-5-9(3-4-18-7)14-19(16,17)11-10(6-15)8(2)12-13-11/h7,9,14-15H,3-6H2,1-2H3,(H,12,13). The lowest BCUT2D eigenvalue weighted by molar-refractivity contribution is 0.0173. The van der Waals surface area contributed by atoms with Crippen LogP contribution in [0.2, 0.25) is 0 Å². The summed E-state index contributed by atoms with van der Waals surface area (Å²) in [6.45, 7) is 3.77. The molecule has 8 heteroatoms. The van der Waals surface area contributed by atoms with E-state index in [1.807, 2.05) is 6.92 Å². The topological polar surface area (TPSA) is 104 Å². The number of aliphatic hydroxyl groups is 1. The number of aryl methyl sites for hydroxylation is 1. The van der Waals surface area contributed by atoms with Crippen molar-refractivity contribution in [3.8, 4) is 0 Å². The molecule has 2 rings (SSSR count). The predicted octanol–water partition coefficient (Wildman–Crippen LogP) is 0.0562. The normalized spacial score (nSPS) is 24.6. The van der Waals surface area contributed by atoms with E-state index >= 15 is 0 Å². The lowest BCUT2D eigenvalue weighted by Gasteiger charge is -2.27. The van der Waals surface area contributed by atoms with Gasteiger partial charge in [-0.3, -0.25) is 5.10 Å². The van der Waals surface area contributed by atoms with Crippen LogP contribution in [0.15, 0.2) is 5.03 Å². The molecule has 0 aromatic carbocycles. The summed E-state index contributed by atoms with van der Waals surface area (Å²) in [5, 5.41) is 15.5. The highest BCUT2D eigenvalue weighted by atomic mass is 32.2. The molecule has 0 bridgehead atoms. The molecule has 1 aromatic heterocycles. The lowest BCUT2D eigenvalue weighted by atomic mass is 10.1. The molecule has 2 unspecified atom stereocenters. The van der Waals surface area contributed by atoms with Gasteiger partial charge in [-0.05, 0) is 26.7 Å². The average molecular weight is 289 g/mol. The summed E-state index contributed by atoms with van der Waals surface area (Å²) < 4.78 is 32.5. The number of hydrogen-bond donors (Lipinski definition) is 3. The Hall–Kier alpha value is -0.960. The number of rotatable bonds is 4. The van der Waals surface area contributed by atoms with Gasteiger partial charge >= 0.3 is 0 Å². The van der Waals surface area contributed by atoms with E-state index in [0.717, 1.165) is 0 Å². The summed E-state index contributed by atoms with van der Waals surface area (Å²) in [5.41, 5.74) is 0.871. The van der Waals surface area contributed by atoms with Gasteiger partial charge in [0.2, 0.25) is 0 Å². The summed E-state index contributed by atoms with van der Waals surface area (Å²) in [5.74, 6) is 0. The Morgan fingerprint density at radius 1 is 1.58 bits per heavy atom. The van der Waals surface area contributed by atoms with Gasteiger partial charge in [0.15, 0.2) is 5.03 Å². The van der Waals surface area contributed by atoms with Crippen molar-refractivity contribution in [1.29, 1.82) is 0 Å². The smallest absolute Gasteiger partial charge is 0.260 e. The Morgan fingerprint density at radius 2 is 2.32 bits per heavy atom. The summed E-state index contributed by atoms with van der Waals surface area (Å²) >= 11 is 0. The first-order valence-electron chi connectivity index (χ1n) is 6.22. The van der Waals surface area contributed by atoms with Crippen molar-refractivity contribution < 1.29 is 18.3 Å². The molecule has 19 heavy (non-hydrogen) atoms. The first-order valence-corrected chi connectivity index (χ1v) is 7.71. The fourth-order valence-corrected chi connectivity index (χ4v) is 3.69. The molecule has 1 aliphatic heterocycles. The van der Waals surface area contributed by atoms with E-state index in [2.05, 4.69) is 14.9 Å². The van der Waals surface area contributed by atoms with Crippen LogP contribution in [0.3, 0.4) is 0 Å². The van der Waals surface area contributed by atoms with Crippen molar-refractivity contribution in [2.75, 3.05) is 6.61 Å². The molecule has 0 amide bonds. The van der Waals surface area contributed by atoms with Gasteiger partial charge in [0.05, 0.1) is 12.7 Å². The third-order valence-corrected chi connectivity index (χ3v) is 4.75. The Morgan fingerprint density at radius 3 is 2.95 bits per heavy atom. The second kappa shape index (κ2) is 5.58. The number of sulfonamides is 1. The summed E-state index contributed by atoms with van der Waals surface area (Å²) in [6.07, 6.45) is 1.32. The van der Waals surface area contributed by atoms with Gasteiger partial charge in [-0.15, -0.1) is 0 Å². The number of H-pyrrole nitrogens is 1. The van der Waals surface area contributed by atoms with Crippen LogP contribution in [0.25, 0.3) is 0 Å². The molecular formula is C11H19N3O4S. The number of aliphatic hydroxyl groups excluding tert-OH is 1. The third-order valence-electron chi connectivity index (χ3n) is 3.26. The molecule has 1 saturated heterocycles. The van der Waals surface area contributed by atoms with Crippen LogP contribution in [0.1, 0.15) is 31.0 Å². The van der Waals surface area contributed by atoms with Crippen molar-refractivity contribution in [2.45, 2.75) is 50.5 Å². The largest absolute Gasteiger partial charge is 0.392 e. The highest BCUT2D eigenvalue weighted by molar-refractivity contribution is 7.89. The van der Waals surface area contributed by atoms with Crippen molar-refractivity contribution in [1.82, 2.24) is 14.9 Å². The second-order valence-corrected chi connectivity index (χ2v) is 6.44. The molecule has 2 heterocycles. The number of aromatic nitrogens is 2. The maximum absolute atomic E-state index is 12.3. The molecule has 0 aliphatic carbocycles. The van der Waals surface area contributed by atoms with Gasteiger partial charge in [-0.2, -0.15) is 5.10 Å². The number of nitrogens with one attached hydrogen (secondary N) is 2. The summed E-state index contributed by atoms with van der Waals surface area (Å²) in [6, 6.07) is -0.155. The van der Waals surface area contributed by atoms with Crippen LogP contribution in [-0.2, 0) is 21.4 Å². The fraction of sp³-hybridized carbons (Fsp3) is 0.727. The van der Waals surface area contributed by atoms with Gasteiger partial charge < -0.3 is 9.84 Å². The zero-order chi connectivity index (χ0) is 14.0. The highest BCUT2D eigenvalue weighted by Crippen LogP contribution is 2.19. The van der Waals surface area contributed by atoms with Crippen molar-refractivity contribution in [3.05, 3.63) is 11.3 Å². The van der Waals surface area contributed by atoms with Crippen molar-refractivity contribution in [2.24, 2.45) is 0 Å². The van der Waals surface area contributed by atoms with Crippen LogP contribution < -0.4 is 4.72 Å². The molecule has 2 atom stereocenters. The average Bonchev–Trinajstić information content (AvgIpc) is 2.70. The summed E-state index contributed by atoms with van der Waals surface area (Å²) in [4.78, 5) is 0. The first-order chi connectivity index (χ1) is 8.94. The van der Waals surface area contributed by atoms with E-state index in [1.165, 1.54) is 0 Å². The third kappa shape index (κ3) is 3.14. The minimum atomic E-state index is -3.71. The van der Waals surface area contributed by atoms with E-state index in [4.69, 9.17) is 4.74 Å². The molecule has 0 saturated carbocycles. The Labute approximate surface area is 112 Å². The number of nitrogens with zero attached hydrogens (tertiary/aromatic N) is 1. The summed E-state index contributed by atoms with van der Waals surface area (Å²) in [7, 11) is -3.71. The second-order valence-electron chi connectivity index (χ2n) is 4.81. The monoisotopic (exact) mass is 289 g/mol. The van der Waals surface area contributed by atoms with Gasteiger partial charge in [-0.1, -0.05) is 0 Å². The maximum Gasteiger partial charge on any atom is 0.260 e. The van der Waals surface area contributed by atoms with Gasteiger partial charge in [0.25, 0.3) is 10.0 Å². The van der Waals surface area contributed by atoms with E-state index in [-0.39, 0.29) is 23.8 Å². The van der Waals surface area contributed by atoms with Crippen LogP contribution in [-0.4, -0.2) is 42.5 Å². The Bertz CT molecular complexity index is 540. The van der Waals surface area contributed by atoms with E-state index in [9.17, 15) is 13.5 Å². The molecular weight excluding hydrogens is 270 g/mol. The fourth-order valence-electron chi connectivity index (χ4n) is 2.22. The van der Waals surface area contributed by atoms with E-state index in [1.54, 1.807) is 6.92 Å². The van der Waals surface area contributed by atoms with Gasteiger partial charge in [0.1, 0.15) is 0 Å². The van der Waals surface area contributed by atoms with Crippen molar-refractivity contribution >= 4 is 10.0 Å². The van der Waals surface area contributed by atoms with Crippen molar-refractivity contribution in [3.63, 3.8) is 0 Å². The zero-order valence-corrected chi connectivity index (χ0v) is 11.8. The van der Waals surface area contributed by atoms with Crippen LogP contribution in [0, 0.1) is 6.92 Å². The molecule has 0 spiro atoms. The van der Waals surface area contributed by atoms with E-state index < -0.39 is 10.0 Å². The lowest BCUT2D eigenvalue weighted by Crippen LogP contribution is -2.41. The SMILES string of the molecule is Cc1[nH]nc(S(=O)(=O)NC2CCOC(C)C2)c1CO. The Balaban J connectivity index is 2.18. The van der Waals surface area contributed by atoms with Gasteiger partial charge in [0, 0.05) is 23.9 Å². The quantitative estimate of drug-likeness (QED) is 0.727. The Kier molecular flexibility index (Phi) is 4.24. The molecule has 3 N–H and O–H groups in total. The molecule has 108 valence electrons. The molecule has 1 aromatic rings. The highest BCUT2D eigenvalue weighted by Gasteiger charge is 2.28. The molecule has 0 radical (unpaired) electrons. The molecule has 1 fully saturated rings. The molecule has 7 nitrogen and oxygen atoms in total. The molecule has 1 aliphatic rings. The minimum absolute atomic E-state index is 0.0414. The predicted molar refractivity (Wildman–Crippen MR) is 68.0 cm³/mol. The number of ether oxygens (including phenoxy) is 1.